The molecule has 4 rings (SSSR count). The molecule has 0 bridgehead atoms. The van der Waals surface area contributed by atoms with Gasteiger partial charge in [-0.25, -0.2) is 0 Å². The van der Waals surface area contributed by atoms with Gasteiger partial charge in [0.2, 0.25) is 0 Å². The molecule has 0 spiro atoms. The highest BCUT2D eigenvalue weighted by atomic mass is 79.9. The van der Waals surface area contributed by atoms with E-state index in [-0.39, 0.29) is 12.2 Å². The van der Waals surface area contributed by atoms with Crippen LogP contribution in [0.15, 0.2) is 59.2 Å². The predicted molar refractivity (Wildman–Crippen MR) is 102 cm³/mol. The fourth-order valence-corrected chi connectivity index (χ4v) is 3.66. The van der Waals surface area contributed by atoms with Crippen molar-refractivity contribution in [1.29, 1.82) is 0 Å². The van der Waals surface area contributed by atoms with Crippen LogP contribution in [0.5, 0.6) is 5.75 Å². The number of para-hydroxylation sites is 1. The number of aromatic amines is 1. The number of nitrogens with zero attached hydrogens (tertiary/aromatic N) is 1. The first-order valence-corrected chi connectivity index (χ1v) is 8.67. The third-order valence-corrected chi connectivity index (χ3v) is 4.89. The molecule has 2 aromatic carbocycles. The van der Waals surface area contributed by atoms with Gasteiger partial charge >= 0.3 is 0 Å². The maximum atomic E-state index is 12.8. The van der Waals surface area contributed by atoms with Crippen molar-refractivity contribution >= 4 is 43.5 Å². The number of methoxy groups -OCH3 is 1. The topological polar surface area (TPSA) is 55.0 Å². The number of hydrogen-bond acceptors (Lipinski definition) is 3. The maximum Gasteiger partial charge on any atom is 0.187 e. The molecule has 0 unspecified atom stereocenters. The summed E-state index contributed by atoms with van der Waals surface area (Å²) in [6.45, 7) is 0. The van der Waals surface area contributed by atoms with Crippen LogP contribution in [0, 0.1) is 0 Å². The molecule has 5 heteroatoms. The lowest BCUT2D eigenvalue weighted by Gasteiger charge is -2.06. The molecule has 0 aliphatic carbocycles. The molecule has 0 radical (unpaired) electrons. The Labute approximate surface area is 153 Å². The fraction of sp³-hybridized carbons (Fsp3) is 0.100. The molecule has 0 saturated heterocycles. The monoisotopic (exact) mass is 394 g/mol. The third-order valence-electron chi connectivity index (χ3n) is 4.27. The Morgan fingerprint density at radius 1 is 1.16 bits per heavy atom. The van der Waals surface area contributed by atoms with Crippen molar-refractivity contribution < 1.29 is 9.53 Å². The average Bonchev–Trinajstić information content (AvgIpc) is 3.00. The Morgan fingerprint density at radius 2 is 2.00 bits per heavy atom. The zero-order valence-corrected chi connectivity index (χ0v) is 15.1. The average molecular weight is 395 g/mol. The number of nitrogens with one attached hydrogen (secondary N) is 1. The highest BCUT2D eigenvalue weighted by Crippen LogP contribution is 2.28. The number of rotatable bonds is 4. The smallest absolute Gasteiger partial charge is 0.187 e. The molecule has 4 nitrogen and oxygen atoms in total. The summed E-state index contributed by atoms with van der Waals surface area (Å²) < 4.78 is 6.06. The van der Waals surface area contributed by atoms with E-state index in [2.05, 4.69) is 25.9 Å². The van der Waals surface area contributed by atoms with Gasteiger partial charge in [-0.15, -0.1) is 0 Å². The van der Waals surface area contributed by atoms with E-state index < -0.39 is 0 Å². The van der Waals surface area contributed by atoms with Gasteiger partial charge in [-0.2, -0.15) is 0 Å². The second kappa shape index (κ2) is 6.33. The van der Waals surface area contributed by atoms with Crippen LogP contribution >= 0.6 is 15.9 Å². The Bertz CT molecular complexity index is 1100. The predicted octanol–water partition coefficient (Wildman–Crippen LogP) is 4.91. The van der Waals surface area contributed by atoms with Crippen molar-refractivity contribution in [3.05, 3.63) is 70.5 Å². The summed E-state index contributed by atoms with van der Waals surface area (Å²) in [6, 6.07) is 15.6. The van der Waals surface area contributed by atoms with Crippen molar-refractivity contribution in [3.8, 4) is 5.75 Å². The first kappa shape index (κ1) is 15.8. The highest BCUT2D eigenvalue weighted by Gasteiger charge is 2.16. The van der Waals surface area contributed by atoms with Crippen LogP contribution in [0.2, 0.25) is 0 Å². The van der Waals surface area contributed by atoms with Crippen molar-refractivity contribution in [2.24, 2.45) is 0 Å². The van der Waals surface area contributed by atoms with Gasteiger partial charge in [-0.1, -0.05) is 24.3 Å². The van der Waals surface area contributed by atoms with E-state index in [1.165, 1.54) is 0 Å². The summed E-state index contributed by atoms with van der Waals surface area (Å²) in [6.07, 6.45) is 1.98. The van der Waals surface area contributed by atoms with Crippen LogP contribution in [0.4, 0.5) is 0 Å². The zero-order valence-electron chi connectivity index (χ0n) is 13.5. The molecule has 0 amide bonds. The minimum atomic E-state index is -0.0192. The van der Waals surface area contributed by atoms with Crippen LogP contribution in [-0.2, 0) is 6.42 Å². The van der Waals surface area contributed by atoms with Gasteiger partial charge in [0.25, 0.3) is 0 Å². The first-order valence-electron chi connectivity index (χ1n) is 7.88. The van der Waals surface area contributed by atoms with Gasteiger partial charge < -0.3 is 9.72 Å². The molecule has 0 atom stereocenters. The van der Waals surface area contributed by atoms with E-state index in [4.69, 9.17) is 4.74 Å². The number of aromatic nitrogens is 2. The summed E-state index contributed by atoms with van der Waals surface area (Å²) in [5, 5.41) is 2.12. The highest BCUT2D eigenvalue weighted by molar-refractivity contribution is 9.10. The van der Waals surface area contributed by atoms with Gasteiger partial charge in [0.05, 0.1) is 17.1 Å². The van der Waals surface area contributed by atoms with Crippen molar-refractivity contribution in [1.82, 2.24) is 9.97 Å². The molecule has 4 aromatic rings. The summed E-state index contributed by atoms with van der Waals surface area (Å²) in [5.41, 5.74) is 3.18. The van der Waals surface area contributed by atoms with Crippen LogP contribution in [0.1, 0.15) is 16.1 Å². The fourth-order valence-electron chi connectivity index (χ4n) is 3.07. The minimum absolute atomic E-state index is 0.0192. The number of ketones is 1. The quantitative estimate of drug-likeness (QED) is 0.500. The van der Waals surface area contributed by atoms with Crippen molar-refractivity contribution in [3.63, 3.8) is 0 Å². The molecule has 2 heterocycles. The number of carbonyl (C=O) groups excluding carboxylic acids is 1. The molecule has 1 N–H and O–H groups in total. The second-order valence-electron chi connectivity index (χ2n) is 5.82. The summed E-state index contributed by atoms with van der Waals surface area (Å²) in [5.74, 6) is 0.723. The largest absolute Gasteiger partial charge is 0.496 e. The Hall–Kier alpha value is -2.66. The molecule has 124 valence electrons. The van der Waals surface area contributed by atoms with E-state index >= 15 is 0 Å². The molecule has 2 aromatic heterocycles. The lowest BCUT2D eigenvalue weighted by molar-refractivity contribution is 0.0990. The van der Waals surface area contributed by atoms with Gasteiger partial charge in [0.1, 0.15) is 11.4 Å². The van der Waals surface area contributed by atoms with Crippen molar-refractivity contribution in [2.75, 3.05) is 7.11 Å². The van der Waals surface area contributed by atoms with Gasteiger partial charge in [-0.3, -0.25) is 9.78 Å². The van der Waals surface area contributed by atoms with Crippen molar-refractivity contribution in [2.45, 2.75) is 6.42 Å². The SMILES string of the molecule is COc1ccc(CC(=O)c2nccc3c2[nH]c2ccccc23)cc1Br. The molecule has 0 aliphatic heterocycles. The normalized spacial score (nSPS) is 11.1. The Balaban J connectivity index is 1.74. The van der Waals surface area contributed by atoms with Crippen LogP contribution in [0.25, 0.3) is 21.8 Å². The maximum absolute atomic E-state index is 12.8. The van der Waals surface area contributed by atoms with E-state index in [0.29, 0.717) is 5.69 Å². The Morgan fingerprint density at radius 3 is 2.80 bits per heavy atom. The number of benzene rings is 2. The van der Waals surface area contributed by atoms with E-state index in [1.54, 1.807) is 13.3 Å². The third kappa shape index (κ3) is 2.81. The molecular weight excluding hydrogens is 380 g/mol. The number of halogens is 1. The van der Waals surface area contributed by atoms with Gasteiger partial charge in [-0.05, 0) is 45.8 Å². The molecule has 25 heavy (non-hydrogen) atoms. The van der Waals surface area contributed by atoms with Gasteiger partial charge in [0, 0.05) is 28.9 Å². The second-order valence-corrected chi connectivity index (χ2v) is 6.68. The Kier molecular flexibility index (Phi) is 4.01. The summed E-state index contributed by atoms with van der Waals surface area (Å²) in [4.78, 5) is 20.5. The first-order chi connectivity index (χ1) is 12.2. The number of H-pyrrole nitrogens is 1. The van der Waals surface area contributed by atoms with Crippen LogP contribution < -0.4 is 4.74 Å². The number of pyridine rings is 1. The van der Waals surface area contributed by atoms with E-state index in [0.717, 1.165) is 37.6 Å². The van der Waals surface area contributed by atoms with Crippen LogP contribution in [-0.4, -0.2) is 22.9 Å². The number of Topliss-reactive ketones (excluding diaryl/α,β-unsaturated/α-hetero) is 1. The van der Waals surface area contributed by atoms with E-state index in [1.807, 2.05) is 48.5 Å². The molecule has 0 aliphatic rings. The standard InChI is InChI=1S/C20H15BrN2O2/c1-25-18-7-6-12(10-15(18)21)11-17(24)20-19-14(8-9-22-20)13-4-2-3-5-16(13)23-19/h2-10,23H,11H2,1H3. The molecule has 0 saturated carbocycles. The number of hydrogen-bond donors (Lipinski definition) is 1. The molecular formula is C20H15BrN2O2. The molecule has 0 fully saturated rings. The van der Waals surface area contributed by atoms with Gasteiger partial charge in [0.15, 0.2) is 5.78 Å². The summed E-state index contributed by atoms with van der Waals surface area (Å²) >= 11 is 3.46. The van der Waals surface area contributed by atoms with Crippen LogP contribution in [0.3, 0.4) is 0 Å². The lowest BCUT2D eigenvalue weighted by Crippen LogP contribution is -2.07. The lowest BCUT2D eigenvalue weighted by atomic mass is 10.0. The minimum Gasteiger partial charge on any atom is -0.496 e. The summed E-state index contributed by atoms with van der Waals surface area (Å²) in [7, 11) is 1.62. The number of ether oxygens (including phenoxy) is 1. The van der Waals surface area contributed by atoms with E-state index in [9.17, 15) is 4.79 Å². The number of carbonyl (C=O) groups is 1. The number of fused-ring (bicyclic) bond motifs is 3. The zero-order chi connectivity index (χ0) is 17.4.